The third-order valence-electron chi connectivity index (χ3n) is 2.74. The Hall–Kier alpha value is -1.89. The van der Waals surface area contributed by atoms with Crippen LogP contribution in [-0.2, 0) is 14.3 Å². The second-order valence-electron chi connectivity index (χ2n) is 5.34. The quantitative estimate of drug-likeness (QED) is 0.731. The molecular weight excluding hydrogens is 274 g/mol. The van der Waals surface area contributed by atoms with Crippen LogP contribution in [-0.4, -0.2) is 48.7 Å². The molecule has 1 amide bonds. The molecule has 0 aliphatic heterocycles. The van der Waals surface area contributed by atoms with Gasteiger partial charge in [0.25, 0.3) is 0 Å². The molecule has 7 nitrogen and oxygen atoms in total. The van der Waals surface area contributed by atoms with Gasteiger partial charge in [0.1, 0.15) is 0 Å². The Morgan fingerprint density at radius 3 is 2.71 bits per heavy atom. The molecule has 118 valence electrons. The molecule has 1 aromatic rings. The van der Waals surface area contributed by atoms with E-state index in [4.69, 9.17) is 4.52 Å². The number of amides is 1. The summed E-state index contributed by atoms with van der Waals surface area (Å²) in [6.07, 6.45) is 0.262. The summed E-state index contributed by atoms with van der Waals surface area (Å²) < 4.78 is 9.56. The van der Waals surface area contributed by atoms with E-state index in [0.29, 0.717) is 24.0 Å². The predicted molar refractivity (Wildman–Crippen MR) is 77.8 cm³/mol. The third kappa shape index (κ3) is 6.89. The van der Waals surface area contributed by atoms with Gasteiger partial charge in [-0.1, -0.05) is 19.0 Å². The van der Waals surface area contributed by atoms with Crippen molar-refractivity contribution in [1.82, 2.24) is 10.1 Å². The van der Waals surface area contributed by atoms with Crippen LogP contribution in [0.1, 0.15) is 26.0 Å². The van der Waals surface area contributed by atoms with Crippen molar-refractivity contribution in [2.45, 2.75) is 27.2 Å². The molecule has 0 fully saturated rings. The zero-order valence-corrected chi connectivity index (χ0v) is 13.0. The highest BCUT2D eigenvalue weighted by molar-refractivity contribution is 5.91. The first kappa shape index (κ1) is 17.2. The Balaban J connectivity index is 2.50. The average Bonchev–Trinajstić information content (AvgIpc) is 2.80. The van der Waals surface area contributed by atoms with Crippen LogP contribution >= 0.6 is 0 Å². The zero-order valence-electron chi connectivity index (χ0n) is 13.0. The fourth-order valence-corrected chi connectivity index (χ4v) is 1.91. The molecular formula is C14H23N3O4. The Kier molecular flexibility index (Phi) is 6.87. The van der Waals surface area contributed by atoms with Gasteiger partial charge in [-0.3, -0.25) is 19.8 Å². The van der Waals surface area contributed by atoms with E-state index >= 15 is 0 Å². The first-order valence-corrected chi connectivity index (χ1v) is 6.93. The molecule has 1 aromatic heterocycles. The number of aromatic nitrogens is 1. The van der Waals surface area contributed by atoms with Crippen molar-refractivity contribution in [2.24, 2.45) is 5.92 Å². The second-order valence-corrected chi connectivity index (χ2v) is 5.34. The van der Waals surface area contributed by atoms with Gasteiger partial charge >= 0.3 is 5.97 Å². The summed E-state index contributed by atoms with van der Waals surface area (Å²) in [7, 11) is 1.36. The lowest BCUT2D eigenvalue weighted by molar-refractivity contribution is -0.141. The first-order chi connectivity index (χ1) is 9.90. The van der Waals surface area contributed by atoms with Crippen molar-refractivity contribution in [2.75, 3.05) is 32.1 Å². The minimum Gasteiger partial charge on any atom is -0.469 e. The van der Waals surface area contributed by atoms with Crippen molar-refractivity contribution >= 4 is 17.8 Å². The molecule has 0 saturated carbocycles. The maximum Gasteiger partial charge on any atom is 0.306 e. The molecule has 1 heterocycles. The number of anilines is 1. The minimum atomic E-state index is -0.282. The summed E-state index contributed by atoms with van der Waals surface area (Å²) in [4.78, 5) is 25.1. The molecule has 0 spiro atoms. The van der Waals surface area contributed by atoms with E-state index in [2.05, 4.69) is 29.1 Å². The number of ether oxygens (including phenoxy) is 1. The van der Waals surface area contributed by atoms with Crippen LogP contribution in [0, 0.1) is 12.8 Å². The monoisotopic (exact) mass is 297 g/mol. The lowest BCUT2D eigenvalue weighted by Crippen LogP contribution is -2.37. The highest BCUT2D eigenvalue weighted by Gasteiger charge is 2.15. The molecule has 1 N–H and O–H groups in total. The SMILES string of the molecule is COC(=O)CCN(CC(=O)Nc1cc(C)no1)CC(C)C. The van der Waals surface area contributed by atoms with Crippen molar-refractivity contribution in [3.63, 3.8) is 0 Å². The molecule has 0 radical (unpaired) electrons. The molecule has 0 bridgehead atoms. The number of hydrogen-bond acceptors (Lipinski definition) is 6. The van der Waals surface area contributed by atoms with Gasteiger partial charge in [-0.2, -0.15) is 0 Å². The van der Waals surface area contributed by atoms with E-state index in [1.54, 1.807) is 13.0 Å². The third-order valence-corrected chi connectivity index (χ3v) is 2.74. The van der Waals surface area contributed by atoms with Crippen LogP contribution in [0.4, 0.5) is 5.88 Å². The number of hydrogen-bond donors (Lipinski definition) is 1. The number of carbonyl (C=O) groups excluding carboxylic acids is 2. The van der Waals surface area contributed by atoms with Gasteiger partial charge in [-0.25, -0.2) is 0 Å². The van der Waals surface area contributed by atoms with Gasteiger partial charge in [0.2, 0.25) is 11.8 Å². The van der Waals surface area contributed by atoms with Crippen LogP contribution in [0.3, 0.4) is 0 Å². The molecule has 0 aliphatic carbocycles. The molecule has 7 heteroatoms. The maximum absolute atomic E-state index is 12.0. The summed E-state index contributed by atoms with van der Waals surface area (Å²) in [6, 6.07) is 1.65. The molecule has 0 saturated heterocycles. The summed E-state index contributed by atoms with van der Waals surface area (Å²) in [6.45, 7) is 7.29. The van der Waals surface area contributed by atoms with Gasteiger partial charge in [-0.05, 0) is 12.8 Å². The number of aryl methyl sites for hydroxylation is 1. The topological polar surface area (TPSA) is 84.7 Å². The lowest BCUT2D eigenvalue weighted by atomic mass is 10.2. The first-order valence-electron chi connectivity index (χ1n) is 6.93. The fourth-order valence-electron chi connectivity index (χ4n) is 1.91. The van der Waals surface area contributed by atoms with Gasteiger partial charge < -0.3 is 9.26 Å². The van der Waals surface area contributed by atoms with Gasteiger partial charge in [0.05, 0.1) is 25.8 Å². The smallest absolute Gasteiger partial charge is 0.306 e. The van der Waals surface area contributed by atoms with Gasteiger partial charge in [-0.15, -0.1) is 0 Å². The van der Waals surface area contributed by atoms with Crippen molar-refractivity contribution < 1.29 is 18.8 Å². The number of nitrogens with one attached hydrogen (secondary N) is 1. The van der Waals surface area contributed by atoms with E-state index < -0.39 is 0 Å². The molecule has 0 atom stereocenters. The van der Waals surface area contributed by atoms with Gasteiger partial charge in [0, 0.05) is 19.2 Å². The van der Waals surface area contributed by atoms with Crippen LogP contribution in [0.25, 0.3) is 0 Å². The lowest BCUT2D eigenvalue weighted by Gasteiger charge is -2.22. The number of carbonyl (C=O) groups is 2. The highest BCUT2D eigenvalue weighted by Crippen LogP contribution is 2.08. The molecule has 0 unspecified atom stereocenters. The Labute approximate surface area is 124 Å². The summed E-state index contributed by atoms with van der Waals surface area (Å²) in [5.41, 5.74) is 0.704. The maximum atomic E-state index is 12.0. The number of rotatable bonds is 8. The summed E-state index contributed by atoms with van der Waals surface area (Å²) in [5, 5.41) is 6.35. The van der Waals surface area contributed by atoms with Crippen LogP contribution in [0.2, 0.25) is 0 Å². The van der Waals surface area contributed by atoms with E-state index in [1.165, 1.54) is 7.11 Å². The van der Waals surface area contributed by atoms with Gasteiger partial charge in [0.15, 0.2) is 0 Å². The van der Waals surface area contributed by atoms with Crippen LogP contribution in [0.5, 0.6) is 0 Å². The minimum absolute atomic E-state index is 0.189. The number of esters is 1. The normalized spacial score (nSPS) is 11.0. The van der Waals surface area contributed by atoms with Crippen LogP contribution in [0.15, 0.2) is 10.6 Å². The second kappa shape index (κ2) is 8.41. The highest BCUT2D eigenvalue weighted by atomic mass is 16.5. The Morgan fingerprint density at radius 2 is 2.19 bits per heavy atom. The molecule has 21 heavy (non-hydrogen) atoms. The number of nitrogens with zero attached hydrogens (tertiary/aromatic N) is 2. The number of methoxy groups -OCH3 is 1. The predicted octanol–water partition coefficient (Wildman–Crippen LogP) is 1.44. The van der Waals surface area contributed by atoms with Crippen LogP contribution < -0.4 is 5.32 Å². The van der Waals surface area contributed by atoms with Crippen molar-refractivity contribution in [3.05, 3.63) is 11.8 Å². The van der Waals surface area contributed by atoms with Crippen molar-refractivity contribution in [3.8, 4) is 0 Å². The fraction of sp³-hybridized carbons (Fsp3) is 0.643. The van der Waals surface area contributed by atoms with E-state index in [1.807, 2.05) is 4.90 Å². The summed E-state index contributed by atoms with van der Waals surface area (Å²) in [5.74, 6) is 0.240. The largest absolute Gasteiger partial charge is 0.469 e. The standard InChI is InChI=1S/C14H23N3O4/c1-10(2)8-17(6-5-14(19)20-4)9-12(18)15-13-7-11(3)16-21-13/h7,10H,5-6,8-9H2,1-4H3,(H,15,18). The Bertz CT molecular complexity index is 471. The van der Waals surface area contributed by atoms with E-state index in [-0.39, 0.29) is 24.8 Å². The molecule has 1 rings (SSSR count). The average molecular weight is 297 g/mol. The molecule has 0 aliphatic rings. The van der Waals surface area contributed by atoms with E-state index in [0.717, 1.165) is 6.54 Å². The van der Waals surface area contributed by atoms with E-state index in [9.17, 15) is 9.59 Å². The Morgan fingerprint density at radius 1 is 1.48 bits per heavy atom. The summed E-state index contributed by atoms with van der Waals surface area (Å²) >= 11 is 0. The molecule has 0 aromatic carbocycles. The zero-order chi connectivity index (χ0) is 15.8. The van der Waals surface area contributed by atoms with Crippen molar-refractivity contribution in [1.29, 1.82) is 0 Å².